The van der Waals surface area contributed by atoms with Crippen LogP contribution in [-0.4, -0.2) is 21.5 Å². The molecule has 0 radical (unpaired) electrons. The Balaban J connectivity index is 2.03. The zero-order valence-corrected chi connectivity index (χ0v) is 11.2. The molecule has 1 aliphatic rings. The van der Waals surface area contributed by atoms with Crippen LogP contribution in [0.5, 0.6) is 11.5 Å². The maximum absolute atomic E-state index is 10.3. The molecule has 0 fully saturated rings. The zero-order chi connectivity index (χ0) is 12.7. The third-order valence-electron chi connectivity index (χ3n) is 2.87. The van der Waals surface area contributed by atoms with E-state index in [1.165, 1.54) is 0 Å². The number of ether oxygens (including phenoxy) is 2. The van der Waals surface area contributed by atoms with Crippen LogP contribution in [0.25, 0.3) is 0 Å². The normalized spacial score (nSPS) is 14.8. The van der Waals surface area contributed by atoms with Crippen LogP contribution in [0.1, 0.15) is 17.5 Å². The molecule has 1 N–H and O–H groups in total. The maximum atomic E-state index is 10.3. The Labute approximate surface area is 112 Å². The van der Waals surface area contributed by atoms with E-state index in [0.717, 1.165) is 4.47 Å². The Morgan fingerprint density at radius 1 is 1.44 bits per heavy atom. The third-order valence-corrected chi connectivity index (χ3v) is 3.46. The average molecular weight is 311 g/mol. The number of rotatable bonds is 2. The Kier molecular flexibility index (Phi) is 2.76. The molecule has 0 amide bonds. The van der Waals surface area contributed by atoms with Crippen molar-refractivity contribution in [2.75, 3.05) is 6.79 Å². The number of aromatic nitrogens is 2. The molecule has 0 saturated heterocycles. The fourth-order valence-corrected chi connectivity index (χ4v) is 2.51. The molecule has 6 heteroatoms. The molecular formula is C12H11BrN2O3. The molecule has 2 aromatic rings. The number of nitrogens with zero attached hydrogens (tertiary/aromatic N) is 2. The molecule has 94 valence electrons. The second-order valence-electron chi connectivity index (χ2n) is 4.04. The van der Waals surface area contributed by atoms with E-state index < -0.39 is 6.10 Å². The molecule has 5 nitrogen and oxygen atoms in total. The van der Waals surface area contributed by atoms with Crippen LogP contribution in [0, 0.1) is 0 Å². The number of benzene rings is 1. The first-order chi connectivity index (χ1) is 8.66. The van der Waals surface area contributed by atoms with Gasteiger partial charge >= 0.3 is 0 Å². The summed E-state index contributed by atoms with van der Waals surface area (Å²) in [6.45, 7) is 0.204. The highest BCUT2D eigenvalue weighted by Gasteiger charge is 2.22. The highest BCUT2D eigenvalue weighted by Crippen LogP contribution is 2.41. The molecule has 1 aliphatic heterocycles. The molecule has 2 heterocycles. The van der Waals surface area contributed by atoms with Crippen molar-refractivity contribution < 1.29 is 14.6 Å². The van der Waals surface area contributed by atoms with Gasteiger partial charge < -0.3 is 19.1 Å². The average Bonchev–Trinajstić information content (AvgIpc) is 2.96. The van der Waals surface area contributed by atoms with Gasteiger partial charge in [0.2, 0.25) is 6.79 Å². The van der Waals surface area contributed by atoms with E-state index >= 15 is 0 Å². The smallest absolute Gasteiger partial charge is 0.231 e. The number of fused-ring (bicyclic) bond motifs is 1. The van der Waals surface area contributed by atoms with Gasteiger partial charge in [-0.1, -0.05) is 0 Å². The van der Waals surface area contributed by atoms with Gasteiger partial charge in [-0.25, -0.2) is 4.98 Å². The summed E-state index contributed by atoms with van der Waals surface area (Å²) in [5, 5.41) is 10.3. The number of hydrogen-bond donors (Lipinski definition) is 1. The molecule has 1 atom stereocenters. The zero-order valence-electron chi connectivity index (χ0n) is 9.63. The Morgan fingerprint density at radius 2 is 2.28 bits per heavy atom. The SMILES string of the molecule is Cn1ccnc1C(O)c1cc(Br)c2c(c1)OCO2. The van der Waals surface area contributed by atoms with Gasteiger partial charge in [0.1, 0.15) is 11.9 Å². The minimum Gasteiger partial charge on any atom is -0.454 e. The number of hydrogen-bond acceptors (Lipinski definition) is 4. The maximum Gasteiger partial charge on any atom is 0.231 e. The lowest BCUT2D eigenvalue weighted by atomic mass is 10.1. The van der Waals surface area contributed by atoms with Crippen LogP contribution in [0.15, 0.2) is 29.0 Å². The summed E-state index contributed by atoms with van der Waals surface area (Å²) in [7, 11) is 1.84. The van der Waals surface area contributed by atoms with Crippen molar-refractivity contribution in [3.63, 3.8) is 0 Å². The summed E-state index contributed by atoms with van der Waals surface area (Å²) < 4.78 is 13.2. The van der Waals surface area contributed by atoms with Gasteiger partial charge in [-0.3, -0.25) is 0 Å². The predicted octanol–water partition coefficient (Wildman–Crippen LogP) is 1.99. The topological polar surface area (TPSA) is 56.5 Å². The van der Waals surface area contributed by atoms with Gasteiger partial charge in [-0.05, 0) is 33.6 Å². The van der Waals surface area contributed by atoms with Crippen LogP contribution < -0.4 is 9.47 Å². The molecule has 0 bridgehead atoms. The second kappa shape index (κ2) is 4.29. The molecule has 0 spiro atoms. The second-order valence-corrected chi connectivity index (χ2v) is 4.89. The van der Waals surface area contributed by atoms with E-state index in [4.69, 9.17) is 9.47 Å². The molecule has 1 unspecified atom stereocenters. The van der Waals surface area contributed by atoms with Crippen molar-refractivity contribution in [2.45, 2.75) is 6.10 Å². The van der Waals surface area contributed by atoms with E-state index in [2.05, 4.69) is 20.9 Å². The predicted molar refractivity (Wildman–Crippen MR) is 67.5 cm³/mol. The standard InChI is InChI=1S/C12H11BrN2O3/c1-15-3-2-14-12(15)10(16)7-4-8(13)11-9(5-7)17-6-18-11/h2-5,10,16H,6H2,1H3. The van der Waals surface area contributed by atoms with Gasteiger partial charge in [0.25, 0.3) is 0 Å². The third kappa shape index (κ3) is 1.77. The lowest BCUT2D eigenvalue weighted by Crippen LogP contribution is -2.07. The van der Waals surface area contributed by atoms with E-state index in [-0.39, 0.29) is 6.79 Å². The summed E-state index contributed by atoms with van der Waals surface area (Å²) in [6, 6.07) is 3.58. The minimum absolute atomic E-state index is 0.204. The van der Waals surface area contributed by atoms with Crippen molar-refractivity contribution in [3.05, 3.63) is 40.4 Å². The molecule has 0 aliphatic carbocycles. The van der Waals surface area contributed by atoms with Crippen molar-refractivity contribution in [1.29, 1.82) is 0 Å². The first kappa shape index (κ1) is 11.6. The van der Waals surface area contributed by atoms with Crippen molar-refractivity contribution in [2.24, 2.45) is 7.05 Å². The number of aryl methyl sites for hydroxylation is 1. The number of imidazole rings is 1. The monoisotopic (exact) mass is 310 g/mol. The lowest BCUT2D eigenvalue weighted by Gasteiger charge is -2.12. The van der Waals surface area contributed by atoms with Gasteiger partial charge in [0, 0.05) is 19.4 Å². The molecule has 1 aromatic carbocycles. The number of halogens is 1. The van der Waals surface area contributed by atoms with Crippen molar-refractivity contribution >= 4 is 15.9 Å². The van der Waals surface area contributed by atoms with Crippen molar-refractivity contribution in [3.8, 4) is 11.5 Å². The number of aliphatic hydroxyl groups excluding tert-OH is 1. The Hall–Kier alpha value is -1.53. The summed E-state index contributed by atoms with van der Waals surface area (Å²) in [5.74, 6) is 1.89. The van der Waals surface area contributed by atoms with E-state index in [1.807, 2.05) is 13.1 Å². The quantitative estimate of drug-likeness (QED) is 0.921. The summed E-state index contributed by atoms with van der Waals surface area (Å²) in [4.78, 5) is 4.14. The van der Waals surface area contributed by atoms with E-state index in [1.54, 1.807) is 23.0 Å². The Morgan fingerprint density at radius 3 is 3.00 bits per heavy atom. The van der Waals surface area contributed by atoms with Gasteiger partial charge in [-0.15, -0.1) is 0 Å². The summed E-state index contributed by atoms with van der Waals surface area (Å²) in [6.07, 6.45) is 2.65. The van der Waals surface area contributed by atoms with E-state index in [0.29, 0.717) is 22.9 Å². The highest BCUT2D eigenvalue weighted by atomic mass is 79.9. The first-order valence-electron chi connectivity index (χ1n) is 5.41. The van der Waals surface area contributed by atoms with Crippen molar-refractivity contribution in [1.82, 2.24) is 9.55 Å². The largest absolute Gasteiger partial charge is 0.454 e. The van der Waals surface area contributed by atoms with Gasteiger partial charge in [0.15, 0.2) is 11.5 Å². The first-order valence-corrected chi connectivity index (χ1v) is 6.20. The summed E-state index contributed by atoms with van der Waals surface area (Å²) >= 11 is 3.40. The lowest BCUT2D eigenvalue weighted by molar-refractivity contribution is 0.173. The van der Waals surface area contributed by atoms with E-state index in [9.17, 15) is 5.11 Å². The van der Waals surface area contributed by atoms with Crippen LogP contribution in [0.3, 0.4) is 0 Å². The van der Waals surface area contributed by atoms with Crippen LogP contribution >= 0.6 is 15.9 Å². The fraction of sp³-hybridized carbons (Fsp3) is 0.250. The van der Waals surface area contributed by atoms with Crippen LogP contribution in [-0.2, 0) is 7.05 Å². The Bertz CT molecular complexity index is 597. The molecule has 1 aromatic heterocycles. The number of aliphatic hydroxyl groups is 1. The molecule has 0 saturated carbocycles. The molecule has 3 rings (SSSR count). The molecule has 18 heavy (non-hydrogen) atoms. The van der Waals surface area contributed by atoms with Crippen LogP contribution in [0.4, 0.5) is 0 Å². The highest BCUT2D eigenvalue weighted by molar-refractivity contribution is 9.10. The fourth-order valence-electron chi connectivity index (χ4n) is 1.93. The minimum atomic E-state index is -0.796. The van der Waals surface area contributed by atoms with Gasteiger partial charge in [-0.2, -0.15) is 0 Å². The molecular weight excluding hydrogens is 300 g/mol. The summed E-state index contributed by atoms with van der Waals surface area (Å²) in [5.41, 5.74) is 0.709. The van der Waals surface area contributed by atoms with Gasteiger partial charge in [0.05, 0.1) is 4.47 Å². The van der Waals surface area contributed by atoms with Crippen LogP contribution in [0.2, 0.25) is 0 Å².